The van der Waals surface area contributed by atoms with E-state index in [9.17, 15) is 4.79 Å². The Hall–Kier alpha value is -0.830. The zero-order valence-electron chi connectivity index (χ0n) is 9.21. The van der Waals surface area contributed by atoms with Gasteiger partial charge in [-0.1, -0.05) is 19.9 Å². The molecule has 0 spiro atoms. The summed E-state index contributed by atoms with van der Waals surface area (Å²) in [6.45, 7) is 4.10. The normalized spacial score (nSPS) is 11.2. The first-order valence-corrected chi connectivity index (χ1v) is 5.58. The summed E-state index contributed by atoms with van der Waals surface area (Å²) in [4.78, 5) is 10.6. The molecule has 1 aromatic rings. The van der Waals surface area contributed by atoms with Crippen molar-refractivity contribution in [1.29, 1.82) is 0 Å². The smallest absolute Gasteiger partial charge is 0.133 e. The second kappa shape index (κ2) is 4.79. The van der Waals surface area contributed by atoms with Crippen molar-refractivity contribution in [1.82, 2.24) is 0 Å². The zero-order chi connectivity index (χ0) is 11.5. The van der Waals surface area contributed by atoms with Gasteiger partial charge in [0.15, 0.2) is 0 Å². The van der Waals surface area contributed by atoms with E-state index in [1.807, 2.05) is 18.2 Å². The largest absolute Gasteiger partial charge is 0.496 e. The minimum Gasteiger partial charge on any atom is -0.496 e. The Bertz CT molecular complexity index is 359. The Labute approximate surface area is 98.8 Å². The Morgan fingerprint density at radius 1 is 1.47 bits per heavy atom. The molecule has 1 aromatic carbocycles. The lowest BCUT2D eigenvalue weighted by Crippen LogP contribution is -2.17. The van der Waals surface area contributed by atoms with Gasteiger partial charge in [-0.15, -0.1) is 0 Å². The van der Waals surface area contributed by atoms with Crippen molar-refractivity contribution >= 4 is 22.2 Å². The number of halogens is 1. The fraction of sp³-hybridized carbons (Fsp3) is 0.417. The number of carbonyl (C=O) groups excluding carboxylic acids is 1. The van der Waals surface area contributed by atoms with Gasteiger partial charge < -0.3 is 9.53 Å². The van der Waals surface area contributed by atoms with Gasteiger partial charge in [-0.25, -0.2) is 0 Å². The number of carbonyl (C=O) groups is 1. The van der Waals surface area contributed by atoms with Gasteiger partial charge in [0.25, 0.3) is 0 Å². The summed E-state index contributed by atoms with van der Waals surface area (Å²) in [5, 5.41) is 0. The topological polar surface area (TPSA) is 26.3 Å². The summed E-state index contributed by atoms with van der Waals surface area (Å²) < 4.78 is 6.07. The third-order valence-electron chi connectivity index (χ3n) is 2.53. The van der Waals surface area contributed by atoms with Crippen LogP contribution < -0.4 is 4.74 Å². The van der Waals surface area contributed by atoms with Crippen molar-refractivity contribution in [3.05, 3.63) is 28.2 Å². The highest BCUT2D eigenvalue weighted by molar-refractivity contribution is 9.10. The molecule has 2 nitrogen and oxygen atoms in total. The fourth-order valence-corrected chi connectivity index (χ4v) is 1.95. The van der Waals surface area contributed by atoms with Crippen LogP contribution in [0, 0.1) is 0 Å². The van der Waals surface area contributed by atoms with Crippen molar-refractivity contribution in [3.8, 4) is 5.75 Å². The molecule has 0 aliphatic carbocycles. The summed E-state index contributed by atoms with van der Waals surface area (Å²) in [5.74, 6) is 0.806. The van der Waals surface area contributed by atoms with Crippen LogP contribution in [0.25, 0.3) is 0 Å². The van der Waals surface area contributed by atoms with Crippen LogP contribution in [0.5, 0.6) is 5.75 Å². The first kappa shape index (κ1) is 12.2. The molecular formula is C12H15BrO2. The van der Waals surface area contributed by atoms with E-state index in [2.05, 4.69) is 29.8 Å². The molecule has 0 aromatic heterocycles. The van der Waals surface area contributed by atoms with Gasteiger partial charge >= 0.3 is 0 Å². The van der Waals surface area contributed by atoms with Crippen LogP contribution in [0.15, 0.2) is 22.7 Å². The lowest BCUT2D eigenvalue weighted by atomic mass is 9.82. The molecule has 0 fully saturated rings. The Morgan fingerprint density at radius 2 is 2.13 bits per heavy atom. The second-order valence-corrected chi connectivity index (χ2v) is 4.96. The van der Waals surface area contributed by atoms with E-state index >= 15 is 0 Å². The van der Waals surface area contributed by atoms with Crippen molar-refractivity contribution < 1.29 is 9.53 Å². The monoisotopic (exact) mass is 270 g/mol. The molecule has 0 saturated carbocycles. The summed E-state index contributed by atoms with van der Waals surface area (Å²) in [6.07, 6.45) is 1.48. The highest BCUT2D eigenvalue weighted by Gasteiger charge is 2.20. The van der Waals surface area contributed by atoms with E-state index in [4.69, 9.17) is 4.74 Å². The van der Waals surface area contributed by atoms with E-state index in [0.717, 1.165) is 22.1 Å². The molecule has 1 rings (SSSR count). The van der Waals surface area contributed by atoms with Gasteiger partial charge in [-0.3, -0.25) is 0 Å². The van der Waals surface area contributed by atoms with E-state index in [-0.39, 0.29) is 5.41 Å². The molecule has 0 atom stereocenters. The van der Waals surface area contributed by atoms with E-state index in [0.29, 0.717) is 6.42 Å². The van der Waals surface area contributed by atoms with Gasteiger partial charge in [0.1, 0.15) is 12.0 Å². The zero-order valence-corrected chi connectivity index (χ0v) is 10.8. The van der Waals surface area contributed by atoms with Gasteiger partial charge in [0.2, 0.25) is 0 Å². The third kappa shape index (κ3) is 2.81. The van der Waals surface area contributed by atoms with Crippen LogP contribution in [0.3, 0.4) is 0 Å². The van der Waals surface area contributed by atoms with Crippen LogP contribution >= 0.6 is 15.9 Å². The standard InChI is InChI=1S/C12H15BrO2/c1-12(2,6-7-14)9-4-5-11(15-3)10(13)8-9/h4-5,7-8H,6H2,1-3H3. The summed E-state index contributed by atoms with van der Waals surface area (Å²) in [7, 11) is 1.64. The Morgan fingerprint density at radius 3 is 2.60 bits per heavy atom. The molecule has 15 heavy (non-hydrogen) atoms. The molecule has 0 N–H and O–H groups in total. The lowest BCUT2D eigenvalue weighted by molar-refractivity contribution is -0.108. The Kier molecular flexibility index (Phi) is 3.91. The molecule has 0 unspecified atom stereocenters. The third-order valence-corrected chi connectivity index (χ3v) is 3.15. The minimum absolute atomic E-state index is 0.128. The predicted molar refractivity (Wildman–Crippen MR) is 64.4 cm³/mol. The Balaban J connectivity index is 3.06. The fourth-order valence-electron chi connectivity index (χ4n) is 1.41. The van der Waals surface area contributed by atoms with Gasteiger partial charge in [-0.05, 0) is 39.0 Å². The van der Waals surface area contributed by atoms with E-state index < -0.39 is 0 Å². The quantitative estimate of drug-likeness (QED) is 0.785. The molecule has 0 amide bonds. The maximum atomic E-state index is 10.6. The van der Waals surface area contributed by atoms with E-state index in [1.165, 1.54) is 0 Å². The highest BCUT2D eigenvalue weighted by Crippen LogP contribution is 2.32. The first-order valence-electron chi connectivity index (χ1n) is 4.79. The SMILES string of the molecule is COc1ccc(C(C)(C)CC=O)cc1Br. The molecule has 82 valence electrons. The molecule has 0 aliphatic rings. The van der Waals surface area contributed by atoms with Crippen LogP contribution in [-0.4, -0.2) is 13.4 Å². The maximum absolute atomic E-state index is 10.6. The average Bonchev–Trinajstić information content (AvgIpc) is 2.17. The van der Waals surface area contributed by atoms with Crippen molar-refractivity contribution in [3.63, 3.8) is 0 Å². The molecule has 0 heterocycles. The number of rotatable bonds is 4. The van der Waals surface area contributed by atoms with Crippen LogP contribution in [0.2, 0.25) is 0 Å². The van der Waals surface area contributed by atoms with Crippen LogP contribution in [-0.2, 0) is 10.2 Å². The number of benzene rings is 1. The number of methoxy groups -OCH3 is 1. The molecular weight excluding hydrogens is 256 g/mol. The van der Waals surface area contributed by atoms with Crippen molar-refractivity contribution in [2.45, 2.75) is 25.7 Å². The average molecular weight is 271 g/mol. The summed E-state index contributed by atoms with van der Waals surface area (Å²) in [6, 6.07) is 5.90. The lowest BCUT2D eigenvalue weighted by Gasteiger charge is -2.23. The van der Waals surface area contributed by atoms with Gasteiger partial charge in [0.05, 0.1) is 11.6 Å². The second-order valence-electron chi connectivity index (χ2n) is 4.10. The number of ether oxygens (including phenoxy) is 1. The number of hydrogen-bond acceptors (Lipinski definition) is 2. The number of hydrogen-bond donors (Lipinski definition) is 0. The molecule has 0 radical (unpaired) electrons. The van der Waals surface area contributed by atoms with Crippen LogP contribution in [0.1, 0.15) is 25.8 Å². The summed E-state index contributed by atoms with van der Waals surface area (Å²) >= 11 is 3.44. The van der Waals surface area contributed by atoms with E-state index in [1.54, 1.807) is 7.11 Å². The molecule has 3 heteroatoms. The van der Waals surface area contributed by atoms with Crippen LogP contribution in [0.4, 0.5) is 0 Å². The molecule has 0 saturated heterocycles. The highest BCUT2D eigenvalue weighted by atomic mass is 79.9. The summed E-state index contributed by atoms with van der Waals surface area (Å²) in [5.41, 5.74) is 0.999. The van der Waals surface area contributed by atoms with Crippen molar-refractivity contribution in [2.75, 3.05) is 7.11 Å². The van der Waals surface area contributed by atoms with Gasteiger partial charge in [0, 0.05) is 6.42 Å². The minimum atomic E-state index is -0.128. The van der Waals surface area contributed by atoms with Crippen molar-refractivity contribution in [2.24, 2.45) is 0 Å². The molecule has 0 bridgehead atoms. The first-order chi connectivity index (χ1) is 7.01. The molecule has 0 aliphatic heterocycles. The maximum Gasteiger partial charge on any atom is 0.133 e. The number of aldehydes is 1. The predicted octanol–water partition coefficient (Wildman–Crippen LogP) is 3.32. The van der Waals surface area contributed by atoms with Gasteiger partial charge in [-0.2, -0.15) is 0 Å².